The number of halogens is 1. The van der Waals surface area contributed by atoms with Crippen molar-refractivity contribution in [3.63, 3.8) is 0 Å². The Balaban J connectivity index is 1.53. The maximum Gasteiger partial charge on any atom is 0.139 e. The topological polar surface area (TPSA) is 41.2 Å². The highest BCUT2D eigenvalue weighted by Crippen LogP contribution is 2.33. The minimum atomic E-state index is -1.06. The van der Waals surface area contributed by atoms with Crippen LogP contribution in [0.15, 0.2) is 41.3 Å². The number of ether oxygens (including phenoxy) is 2. The molecule has 1 fully saturated rings. The van der Waals surface area contributed by atoms with Crippen LogP contribution in [0, 0.1) is 5.92 Å². The molecule has 1 aromatic carbocycles. The van der Waals surface area contributed by atoms with Gasteiger partial charge in [-0.3, -0.25) is 0 Å². The van der Waals surface area contributed by atoms with E-state index in [-0.39, 0.29) is 0 Å². The smallest absolute Gasteiger partial charge is 0.139 e. The van der Waals surface area contributed by atoms with Crippen LogP contribution in [0.3, 0.4) is 0 Å². The quantitative estimate of drug-likeness (QED) is 0.340. The lowest BCUT2D eigenvalue weighted by Crippen LogP contribution is -2.31. The number of hydrogen-bond acceptors (Lipinski definition) is 3. The molecule has 0 aliphatic carbocycles. The van der Waals surface area contributed by atoms with Crippen molar-refractivity contribution in [3.8, 4) is 11.1 Å². The van der Waals surface area contributed by atoms with Crippen molar-refractivity contribution < 1.29 is 9.47 Å². The molecule has 3 heterocycles. The predicted octanol–water partition coefficient (Wildman–Crippen LogP) is 5.23. The average molecular weight is 462 g/mol. The van der Waals surface area contributed by atoms with Crippen molar-refractivity contribution in [2.75, 3.05) is 19.8 Å². The second-order valence-electron chi connectivity index (χ2n) is 8.88. The Hall–Kier alpha value is -1.41. The van der Waals surface area contributed by atoms with Crippen molar-refractivity contribution in [1.82, 2.24) is 14.3 Å². The third kappa shape index (κ3) is 4.59. The molecule has 0 saturated carbocycles. The maximum absolute atomic E-state index is 5.84. The zero-order chi connectivity index (χ0) is 19.7. The molecule has 5 nitrogen and oxygen atoms in total. The number of rotatable bonds is 8. The van der Waals surface area contributed by atoms with Crippen molar-refractivity contribution in [1.29, 1.82) is 0 Å². The molecule has 4 rings (SSSR count). The van der Waals surface area contributed by atoms with E-state index in [0.717, 1.165) is 36.4 Å². The van der Waals surface area contributed by atoms with Crippen molar-refractivity contribution in [3.05, 3.63) is 41.3 Å². The van der Waals surface area contributed by atoms with Crippen molar-refractivity contribution in [2.24, 2.45) is 5.92 Å². The zero-order valence-electron chi connectivity index (χ0n) is 16.8. The zero-order valence-corrected chi connectivity index (χ0v) is 19.4. The summed E-state index contributed by atoms with van der Waals surface area (Å²) in [7, 11) is -1.06. The molecule has 0 unspecified atom stereocenters. The van der Waals surface area contributed by atoms with E-state index in [1.54, 1.807) is 0 Å². The molecule has 0 N–H and O–H groups in total. The fourth-order valence-corrected chi connectivity index (χ4v) is 4.55. The Morgan fingerprint density at radius 1 is 1.25 bits per heavy atom. The predicted molar refractivity (Wildman–Crippen MR) is 119 cm³/mol. The van der Waals surface area contributed by atoms with Crippen LogP contribution in [0.5, 0.6) is 0 Å². The van der Waals surface area contributed by atoms with E-state index < -0.39 is 8.07 Å². The minimum Gasteiger partial charge on any atom is -0.381 e. The van der Waals surface area contributed by atoms with E-state index in [1.807, 2.05) is 10.9 Å². The molecule has 2 aromatic heterocycles. The van der Waals surface area contributed by atoms with E-state index in [1.165, 1.54) is 22.5 Å². The SMILES string of the molecule is C[Si](C)(C)CCOCn1cc(-c2cn(CC3COC3)c3ccc(Br)cc23)cn1. The van der Waals surface area contributed by atoms with Crippen LogP contribution in [0.25, 0.3) is 22.0 Å². The molecular formula is C21H28BrN3O2Si. The lowest BCUT2D eigenvalue weighted by molar-refractivity contribution is -0.0388. The first kappa shape index (κ1) is 19.9. The largest absolute Gasteiger partial charge is 0.381 e. The molecule has 28 heavy (non-hydrogen) atoms. The molecular weight excluding hydrogens is 434 g/mol. The molecule has 0 bridgehead atoms. The highest BCUT2D eigenvalue weighted by molar-refractivity contribution is 9.10. The summed E-state index contributed by atoms with van der Waals surface area (Å²) in [6, 6.07) is 7.66. The van der Waals surface area contributed by atoms with Gasteiger partial charge < -0.3 is 14.0 Å². The van der Waals surface area contributed by atoms with E-state index in [0.29, 0.717) is 12.6 Å². The van der Waals surface area contributed by atoms with Crippen LogP contribution in [-0.2, 0) is 22.7 Å². The van der Waals surface area contributed by atoms with Crippen LogP contribution in [0.4, 0.5) is 0 Å². The monoisotopic (exact) mass is 461 g/mol. The van der Waals surface area contributed by atoms with Gasteiger partial charge in [-0.25, -0.2) is 4.68 Å². The molecule has 1 aliphatic rings. The van der Waals surface area contributed by atoms with Crippen LogP contribution in [-0.4, -0.2) is 42.2 Å². The second-order valence-corrected chi connectivity index (χ2v) is 15.4. The number of fused-ring (bicyclic) bond motifs is 1. The molecule has 3 aromatic rings. The number of benzene rings is 1. The third-order valence-corrected chi connectivity index (χ3v) is 7.37. The number of aromatic nitrogens is 3. The van der Waals surface area contributed by atoms with Gasteiger partial charge in [0.25, 0.3) is 0 Å². The fourth-order valence-electron chi connectivity index (χ4n) is 3.43. The van der Waals surface area contributed by atoms with Gasteiger partial charge in [0.2, 0.25) is 0 Å². The molecule has 0 spiro atoms. The molecule has 0 radical (unpaired) electrons. The van der Waals surface area contributed by atoms with Gasteiger partial charge in [0, 0.05) is 66.0 Å². The standard InChI is InChI=1S/C21H28BrN3O2Si/c1-28(2,3)7-6-26-15-25-11-17(9-23-25)20-12-24(10-16-13-27-14-16)21-5-4-18(22)8-19(20)21/h4-5,8-9,11-12,16H,6-7,10,13-15H2,1-3H3. The van der Waals surface area contributed by atoms with Crippen molar-refractivity contribution in [2.45, 2.75) is 39.0 Å². The first-order valence-corrected chi connectivity index (χ1v) is 14.4. The van der Waals surface area contributed by atoms with Gasteiger partial charge in [-0.1, -0.05) is 35.6 Å². The molecule has 150 valence electrons. The lowest BCUT2D eigenvalue weighted by Gasteiger charge is -2.26. The number of hydrogen-bond donors (Lipinski definition) is 0. The maximum atomic E-state index is 5.84. The summed E-state index contributed by atoms with van der Waals surface area (Å²) in [4.78, 5) is 0. The summed E-state index contributed by atoms with van der Waals surface area (Å²) in [5, 5.41) is 5.76. The summed E-state index contributed by atoms with van der Waals surface area (Å²) in [5.41, 5.74) is 3.59. The van der Waals surface area contributed by atoms with Gasteiger partial charge in [0.05, 0.1) is 19.4 Å². The van der Waals surface area contributed by atoms with Gasteiger partial charge in [-0.15, -0.1) is 0 Å². The Labute approximate surface area is 175 Å². The van der Waals surface area contributed by atoms with Gasteiger partial charge >= 0.3 is 0 Å². The molecule has 0 amide bonds. The molecule has 0 atom stereocenters. The first-order chi connectivity index (χ1) is 13.4. The van der Waals surface area contributed by atoms with Gasteiger partial charge in [0.15, 0.2) is 0 Å². The number of nitrogens with zero attached hydrogens (tertiary/aromatic N) is 3. The molecule has 1 aliphatic heterocycles. The highest BCUT2D eigenvalue weighted by atomic mass is 79.9. The molecule has 7 heteroatoms. The summed E-state index contributed by atoms with van der Waals surface area (Å²) >= 11 is 3.62. The Morgan fingerprint density at radius 2 is 2.07 bits per heavy atom. The molecule has 1 saturated heterocycles. The Kier molecular flexibility index (Phi) is 5.78. The van der Waals surface area contributed by atoms with E-state index in [4.69, 9.17) is 9.47 Å². The van der Waals surface area contributed by atoms with Crippen LogP contribution < -0.4 is 0 Å². The first-order valence-electron chi connectivity index (χ1n) is 9.86. The van der Waals surface area contributed by atoms with E-state index in [2.05, 4.69) is 75.8 Å². The van der Waals surface area contributed by atoms with Gasteiger partial charge in [0.1, 0.15) is 6.73 Å². The summed E-state index contributed by atoms with van der Waals surface area (Å²) in [6.45, 7) is 11.1. The lowest BCUT2D eigenvalue weighted by atomic mass is 10.1. The van der Waals surface area contributed by atoms with Crippen LogP contribution >= 0.6 is 15.9 Å². The summed E-state index contributed by atoms with van der Waals surface area (Å²) in [6.07, 6.45) is 6.28. The van der Waals surface area contributed by atoms with E-state index in [9.17, 15) is 0 Å². The van der Waals surface area contributed by atoms with Crippen molar-refractivity contribution >= 4 is 34.9 Å². The third-order valence-electron chi connectivity index (χ3n) is 5.17. The Morgan fingerprint density at radius 3 is 2.79 bits per heavy atom. The average Bonchev–Trinajstić information content (AvgIpc) is 3.18. The normalized spacial score (nSPS) is 15.3. The van der Waals surface area contributed by atoms with Gasteiger partial charge in [-0.2, -0.15) is 5.10 Å². The van der Waals surface area contributed by atoms with E-state index >= 15 is 0 Å². The highest BCUT2D eigenvalue weighted by Gasteiger charge is 2.21. The summed E-state index contributed by atoms with van der Waals surface area (Å²) in [5.74, 6) is 0.606. The summed E-state index contributed by atoms with van der Waals surface area (Å²) < 4.78 is 16.5. The fraction of sp³-hybridized carbons (Fsp3) is 0.476. The van der Waals surface area contributed by atoms with Crippen LogP contribution in [0.2, 0.25) is 25.7 Å². The van der Waals surface area contributed by atoms with Gasteiger partial charge in [-0.05, 0) is 24.2 Å². The minimum absolute atomic E-state index is 0.506. The Bertz CT molecular complexity index is 956. The van der Waals surface area contributed by atoms with Crippen LogP contribution in [0.1, 0.15) is 0 Å². The second kappa shape index (κ2) is 8.14.